The number of rotatable bonds is 8. The van der Waals surface area contributed by atoms with Gasteiger partial charge in [0.25, 0.3) is 0 Å². The summed E-state index contributed by atoms with van der Waals surface area (Å²) in [6.07, 6.45) is 5.61. The maximum Gasteiger partial charge on any atom is 0.303 e. The van der Waals surface area contributed by atoms with Gasteiger partial charge in [-0.05, 0) is 31.4 Å². The molecule has 8 heteroatoms. The third-order valence-corrected chi connectivity index (χ3v) is 4.57. The fraction of sp³-hybridized carbons (Fsp3) is 0.400. The van der Waals surface area contributed by atoms with E-state index in [1.165, 1.54) is 0 Å². The van der Waals surface area contributed by atoms with Gasteiger partial charge < -0.3 is 19.9 Å². The largest absolute Gasteiger partial charge is 0.481 e. The van der Waals surface area contributed by atoms with Gasteiger partial charge in [-0.1, -0.05) is 18.2 Å². The van der Waals surface area contributed by atoms with E-state index < -0.39 is 5.97 Å². The van der Waals surface area contributed by atoms with Gasteiger partial charge in [-0.15, -0.1) is 0 Å². The van der Waals surface area contributed by atoms with Crippen LogP contribution in [0.4, 0.5) is 11.9 Å². The average molecular weight is 382 g/mol. The number of hydrogen-bond acceptors (Lipinski definition) is 6. The average Bonchev–Trinajstić information content (AvgIpc) is 3.20. The summed E-state index contributed by atoms with van der Waals surface area (Å²) in [6.45, 7) is 2.65. The monoisotopic (exact) mass is 382 g/mol. The maximum atomic E-state index is 10.6. The molecule has 0 bridgehead atoms. The molecule has 2 heterocycles. The van der Waals surface area contributed by atoms with E-state index >= 15 is 0 Å². The van der Waals surface area contributed by atoms with Crippen molar-refractivity contribution in [3.05, 3.63) is 29.8 Å². The standard InChI is InChI=1S/C20H26N6O2/c1-13-10-11-14-17(24-20(22-14)25(3)4)18-16(13)23-19(21-2)26(18)12-8-6-5-7-9-15(27)28/h6,8,10-11H,5,7,9,12H2,1-4H3,(H,21,23)(H,27,28)/b8-6+. The molecule has 0 amide bonds. The zero-order valence-corrected chi connectivity index (χ0v) is 16.7. The Hall–Kier alpha value is -3.16. The second kappa shape index (κ2) is 8.24. The Labute approximate surface area is 164 Å². The van der Waals surface area contributed by atoms with E-state index in [4.69, 9.17) is 15.1 Å². The first kappa shape index (κ1) is 19.6. The number of allylic oxidation sites excluding steroid dienone is 2. The predicted molar refractivity (Wildman–Crippen MR) is 111 cm³/mol. The van der Waals surface area contributed by atoms with Crippen molar-refractivity contribution in [2.24, 2.45) is 0 Å². The van der Waals surface area contributed by atoms with Crippen molar-refractivity contribution < 1.29 is 9.90 Å². The van der Waals surface area contributed by atoms with Crippen LogP contribution < -0.4 is 10.2 Å². The second-order valence-corrected chi connectivity index (χ2v) is 6.92. The van der Waals surface area contributed by atoms with E-state index in [-0.39, 0.29) is 6.42 Å². The van der Waals surface area contributed by atoms with Gasteiger partial charge in [-0.2, -0.15) is 0 Å². The molecule has 0 spiro atoms. The number of nitrogens with one attached hydrogen (secondary N) is 1. The van der Waals surface area contributed by atoms with Crippen LogP contribution in [0.2, 0.25) is 0 Å². The Morgan fingerprint density at radius 1 is 1.25 bits per heavy atom. The first-order valence-electron chi connectivity index (χ1n) is 9.31. The highest BCUT2D eigenvalue weighted by atomic mass is 16.4. The van der Waals surface area contributed by atoms with Crippen LogP contribution in [0, 0.1) is 6.92 Å². The van der Waals surface area contributed by atoms with Crippen molar-refractivity contribution in [1.82, 2.24) is 19.5 Å². The molecule has 28 heavy (non-hydrogen) atoms. The third-order valence-electron chi connectivity index (χ3n) is 4.57. The smallest absolute Gasteiger partial charge is 0.303 e. The minimum Gasteiger partial charge on any atom is -0.481 e. The summed E-state index contributed by atoms with van der Waals surface area (Å²) in [5, 5.41) is 11.9. The molecule has 1 aromatic rings. The van der Waals surface area contributed by atoms with Gasteiger partial charge in [-0.25, -0.2) is 15.0 Å². The molecule has 8 nitrogen and oxygen atoms in total. The Morgan fingerprint density at radius 2 is 2.04 bits per heavy atom. The second-order valence-electron chi connectivity index (χ2n) is 6.92. The van der Waals surface area contributed by atoms with Crippen LogP contribution in [-0.4, -0.2) is 51.7 Å². The van der Waals surface area contributed by atoms with E-state index in [2.05, 4.69) is 14.9 Å². The summed E-state index contributed by atoms with van der Waals surface area (Å²) < 4.78 is 2.09. The minimum absolute atomic E-state index is 0.187. The minimum atomic E-state index is -0.761. The molecular weight excluding hydrogens is 356 g/mol. The molecule has 0 saturated carbocycles. The molecular formula is C20H26N6O2. The van der Waals surface area contributed by atoms with Crippen LogP contribution in [0.15, 0.2) is 24.3 Å². The number of carbonyl (C=O) groups is 1. The first-order valence-corrected chi connectivity index (χ1v) is 9.31. The maximum absolute atomic E-state index is 10.6. The zero-order chi connectivity index (χ0) is 20.3. The van der Waals surface area contributed by atoms with Gasteiger partial charge in [0, 0.05) is 34.1 Å². The highest BCUT2D eigenvalue weighted by Gasteiger charge is 2.21. The lowest BCUT2D eigenvalue weighted by Crippen LogP contribution is -2.09. The summed E-state index contributed by atoms with van der Waals surface area (Å²) in [6, 6.07) is 4.01. The van der Waals surface area contributed by atoms with E-state index in [0.717, 1.165) is 40.4 Å². The van der Waals surface area contributed by atoms with E-state index in [9.17, 15) is 4.79 Å². The third kappa shape index (κ3) is 3.90. The molecule has 0 radical (unpaired) electrons. The number of nitrogens with zero attached hydrogens (tertiary/aromatic N) is 5. The lowest BCUT2D eigenvalue weighted by Gasteiger charge is -2.06. The lowest BCUT2D eigenvalue weighted by atomic mass is 10.2. The van der Waals surface area contributed by atoms with E-state index in [1.54, 1.807) is 0 Å². The molecule has 0 aromatic carbocycles. The lowest BCUT2D eigenvalue weighted by molar-refractivity contribution is -0.137. The van der Waals surface area contributed by atoms with Crippen LogP contribution in [0.25, 0.3) is 22.4 Å². The normalized spacial score (nSPS) is 11.6. The molecule has 0 fully saturated rings. The van der Waals surface area contributed by atoms with E-state index in [1.807, 2.05) is 57.3 Å². The van der Waals surface area contributed by atoms with Crippen molar-refractivity contribution >= 4 is 28.9 Å². The van der Waals surface area contributed by atoms with Crippen LogP contribution >= 0.6 is 0 Å². The Bertz CT molecular complexity index is 992. The van der Waals surface area contributed by atoms with Gasteiger partial charge in [0.05, 0.1) is 16.7 Å². The predicted octanol–water partition coefficient (Wildman–Crippen LogP) is 3.16. The van der Waals surface area contributed by atoms with Crippen molar-refractivity contribution in [2.45, 2.75) is 32.7 Å². The fourth-order valence-corrected chi connectivity index (χ4v) is 3.12. The summed E-state index contributed by atoms with van der Waals surface area (Å²) in [5.74, 6) is 0.668. The molecule has 2 aliphatic rings. The summed E-state index contributed by atoms with van der Waals surface area (Å²) in [4.78, 5) is 26.7. The van der Waals surface area contributed by atoms with Crippen LogP contribution in [0.5, 0.6) is 0 Å². The van der Waals surface area contributed by atoms with Crippen LogP contribution in [0.3, 0.4) is 0 Å². The van der Waals surface area contributed by atoms with Gasteiger partial charge in [0.15, 0.2) is 0 Å². The van der Waals surface area contributed by atoms with Gasteiger partial charge in [0.2, 0.25) is 11.9 Å². The number of imidazole rings is 2. The number of aliphatic carboxylic acids is 1. The number of fused-ring (bicyclic) bond motifs is 3. The van der Waals surface area contributed by atoms with Crippen molar-refractivity contribution in [3.8, 4) is 11.4 Å². The first-order chi connectivity index (χ1) is 13.4. The number of hydrogen-bond donors (Lipinski definition) is 2. The number of carboxylic acids is 1. The van der Waals surface area contributed by atoms with Gasteiger partial charge >= 0.3 is 5.97 Å². The number of aromatic nitrogens is 4. The molecule has 1 aliphatic heterocycles. The molecule has 2 N–H and O–H groups in total. The van der Waals surface area contributed by atoms with Crippen LogP contribution in [-0.2, 0) is 11.3 Å². The van der Waals surface area contributed by atoms with Crippen molar-refractivity contribution in [3.63, 3.8) is 0 Å². The quantitative estimate of drug-likeness (QED) is 0.456. The number of carboxylic acid groups (broad SMARTS) is 1. The highest BCUT2D eigenvalue weighted by molar-refractivity contribution is 5.93. The zero-order valence-electron chi connectivity index (χ0n) is 16.7. The van der Waals surface area contributed by atoms with Gasteiger partial charge in [-0.3, -0.25) is 4.79 Å². The Morgan fingerprint density at radius 3 is 2.71 bits per heavy atom. The van der Waals surface area contributed by atoms with Gasteiger partial charge in [0.1, 0.15) is 5.69 Å². The molecule has 0 atom stereocenters. The number of unbranched alkanes of at least 4 members (excludes halogenated alkanes) is 1. The summed E-state index contributed by atoms with van der Waals surface area (Å²) >= 11 is 0. The molecule has 1 aliphatic carbocycles. The molecule has 1 aromatic heterocycles. The topological polar surface area (TPSA) is 96.2 Å². The summed E-state index contributed by atoms with van der Waals surface area (Å²) in [7, 11) is 5.70. The fourth-order valence-electron chi connectivity index (χ4n) is 3.12. The molecule has 0 unspecified atom stereocenters. The Kier molecular flexibility index (Phi) is 5.77. The molecule has 3 rings (SSSR count). The molecule has 0 saturated heterocycles. The molecule has 148 valence electrons. The SMILES string of the molecule is CNc1nc2c(C)ccc3nc(N(C)C)nc-3c2n1C/C=C/CCCC(=O)O. The van der Waals surface area contributed by atoms with E-state index in [0.29, 0.717) is 18.9 Å². The number of anilines is 2. The van der Waals surface area contributed by atoms with Crippen LogP contribution in [0.1, 0.15) is 24.8 Å². The van der Waals surface area contributed by atoms with Crippen molar-refractivity contribution in [1.29, 1.82) is 0 Å². The van der Waals surface area contributed by atoms with Crippen molar-refractivity contribution in [2.75, 3.05) is 31.4 Å². The highest BCUT2D eigenvalue weighted by Crippen LogP contribution is 2.33. The summed E-state index contributed by atoms with van der Waals surface area (Å²) in [5.41, 5.74) is 4.54. The Balaban J connectivity index is 2.03. The number of aryl methyl sites for hydroxylation is 1.